The number of ether oxygens (including phenoxy) is 1. The Kier molecular flexibility index (Phi) is 4.73. The standard InChI is InChI=1S/C21H21FN4O/c1-3-10-27-14(2)26-13-23-19-9-6-16(11-20(19)26)18-12-24-25-21(18)15-4-7-17(22)8-5-15/h4-9,11-14H,3,10H2,1-2H3,(H,24,25). The summed E-state index contributed by atoms with van der Waals surface area (Å²) in [7, 11) is 0. The molecule has 6 heteroatoms. The van der Waals surface area contributed by atoms with E-state index in [1.165, 1.54) is 12.1 Å². The van der Waals surface area contributed by atoms with Gasteiger partial charge in [-0.05, 0) is 55.3 Å². The summed E-state index contributed by atoms with van der Waals surface area (Å²) in [5.41, 5.74) is 5.54. The first-order valence-electron chi connectivity index (χ1n) is 9.05. The fourth-order valence-electron chi connectivity index (χ4n) is 3.19. The van der Waals surface area contributed by atoms with Crippen molar-refractivity contribution in [2.45, 2.75) is 26.5 Å². The zero-order valence-electron chi connectivity index (χ0n) is 15.3. The summed E-state index contributed by atoms with van der Waals surface area (Å²) >= 11 is 0. The number of rotatable bonds is 6. The SMILES string of the molecule is CCCOC(C)n1cnc2ccc(-c3c[nH]nc3-c3ccc(F)cc3)cc21. The smallest absolute Gasteiger partial charge is 0.132 e. The number of imidazole rings is 1. The van der Waals surface area contributed by atoms with Gasteiger partial charge in [0.2, 0.25) is 0 Å². The lowest BCUT2D eigenvalue weighted by Gasteiger charge is -2.15. The highest BCUT2D eigenvalue weighted by Crippen LogP contribution is 2.32. The summed E-state index contributed by atoms with van der Waals surface area (Å²) in [5.74, 6) is -0.262. The number of nitrogens with one attached hydrogen (secondary N) is 1. The first-order chi connectivity index (χ1) is 13.2. The number of benzene rings is 2. The van der Waals surface area contributed by atoms with E-state index in [0.29, 0.717) is 6.61 Å². The van der Waals surface area contributed by atoms with Crippen LogP contribution in [0.3, 0.4) is 0 Å². The van der Waals surface area contributed by atoms with Gasteiger partial charge in [-0.3, -0.25) is 5.10 Å². The average Bonchev–Trinajstić information content (AvgIpc) is 3.33. The Labute approximate surface area is 156 Å². The van der Waals surface area contributed by atoms with Crippen molar-refractivity contribution in [1.29, 1.82) is 0 Å². The lowest BCUT2D eigenvalue weighted by molar-refractivity contribution is 0.0194. The van der Waals surface area contributed by atoms with Gasteiger partial charge in [-0.15, -0.1) is 0 Å². The summed E-state index contributed by atoms with van der Waals surface area (Å²) in [4.78, 5) is 4.48. The monoisotopic (exact) mass is 364 g/mol. The largest absolute Gasteiger partial charge is 0.358 e. The molecule has 0 spiro atoms. The molecule has 27 heavy (non-hydrogen) atoms. The summed E-state index contributed by atoms with van der Waals surface area (Å²) in [5, 5.41) is 7.29. The van der Waals surface area contributed by atoms with Crippen molar-refractivity contribution in [1.82, 2.24) is 19.7 Å². The van der Waals surface area contributed by atoms with Gasteiger partial charge in [-0.1, -0.05) is 13.0 Å². The van der Waals surface area contributed by atoms with E-state index in [0.717, 1.165) is 39.8 Å². The van der Waals surface area contributed by atoms with Crippen LogP contribution in [0.1, 0.15) is 26.5 Å². The Morgan fingerprint density at radius 1 is 1.15 bits per heavy atom. The fourth-order valence-corrected chi connectivity index (χ4v) is 3.19. The van der Waals surface area contributed by atoms with Crippen molar-refractivity contribution in [2.24, 2.45) is 0 Å². The Morgan fingerprint density at radius 3 is 2.70 bits per heavy atom. The quantitative estimate of drug-likeness (QED) is 0.513. The molecule has 0 aliphatic rings. The molecule has 0 aliphatic heterocycles. The molecule has 0 saturated heterocycles. The molecule has 1 N–H and O–H groups in total. The molecule has 4 aromatic rings. The number of fused-ring (bicyclic) bond motifs is 1. The third kappa shape index (κ3) is 3.36. The number of aromatic amines is 1. The van der Waals surface area contributed by atoms with E-state index in [4.69, 9.17) is 4.74 Å². The van der Waals surface area contributed by atoms with Crippen molar-refractivity contribution < 1.29 is 9.13 Å². The van der Waals surface area contributed by atoms with Crippen LogP contribution in [0.4, 0.5) is 4.39 Å². The van der Waals surface area contributed by atoms with Crippen LogP contribution in [0.2, 0.25) is 0 Å². The molecular formula is C21H21FN4O. The Bertz CT molecular complexity index is 1050. The molecule has 138 valence electrons. The van der Waals surface area contributed by atoms with Crippen molar-refractivity contribution in [3.8, 4) is 22.4 Å². The van der Waals surface area contributed by atoms with E-state index in [9.17, 15) is 4.39 Å². The molecular weight excluding hydrogens is 343 g/mol. The second-order valence-corrected chi connectivity index (χ2v) is 6.48. The van der Waals surface area contributed by atoms with E-state index in [2.05, 4.69) is 28.2 Å². The Morgan fingerprint density at radius 2 is 1.93 bits per heavy atom. The van der Waals surface area contributed by atoms with Gasteiger partial charge in [0.05, 0.1) is 23.1 Å². The zero-order valence-corrected chi connectivity index (χ0v) is 15.3. The summed E-state index contributed by atoms with van der Waals surface area (Å²) < 4.78 is 21.1. The molecule has 2 heterocycles. The van der Waals surface area contributed by atoms with E-state index in [1.807, 2.05) is 36.1 Å². The lowest BCUT2D eigenvalue weighted by Crippen LogP contribution is -2.08. The van der Waals surface area contributed by atoms with Gasteiger partial charge in [0.15, 0.2) is 0 Å². The van der Waals surface area contributed by atoms with E-state index < -0.39 is 0 Å². The predicted octanol–water partition coefficient (Wildman–Crippen LogP) is 5.18. The molecule has 0 radical (unpaired) electrons. The number of aromatic nitrogens is 4. The molecule has 0 aliphatic carbocycles. The molecule has 1 atom stereocenters. The average molecular weight is 364 g/mol. The molecule has 5 nitrogen and oxygen atoms in total. The van der Waals surface area contributed by atoms with Crippen LogP contribution in [-0.2, 0) is 4.74 Å². The molecule has 0 fully saturated rings. The first-order valence-corrected chi connectivity index (χ1v) is 9.05. The summed E-state index contributed by atoms with van der Waals surface area (Å²) in [6.07, 6.45) is 4.55. The molecule has 2 aromatic carbocycles. The zero-order chi connectivity index (χ0) is 18.8. The minimum atomic E-state index is -0.262. The van der Waals surface area contributed by atoms with Crippen LogP contribution in [-0.4, -0.2) is 26.4 Å². The maximum atomic E-state index is 13.2. The molecule has 0 saturated carbocycles. The van der Waals surface area contributed by atoms with Gasteiger partial charge in [-0.2, -0.15) is 5.10 Å². The van der Waals surface area contributed by atoms with Gasteiger partial charge in [0, 0.05) is 23.9 Å². The molecule has 4 rings (SSSR count). The van der Waals surface area contributed by atoms with Crippen LogP contribution in [0.25, 0.3) is 33.4 Å². The predicted molar refractivity (Wildman–Crippen MR) is 104 cm³/mol. The Balaban J connectivity index is 1.75. The highest BCUT2D eigenvalue weighted by atomic mass is 19.1. The van der Waals surface area contributed by atoms with Gasteiger partial charge in [0.25, 0.3) is 0 Å². The minimum Gasteiger partial charge on any atom is -0.358 e. The maximum Gasteiger partial charge on any atom is 0.132 e. The fraction of sp³-hybridized carbons (Fsp3) is 0.238. The van der Waals surface area contributed by atoms with Crippen molar-refractivity contribution in [2.75, 3.05) is 6.61 Å². The number of nitrogens with zero attached hydrogens (tertiary/aromatic N) is 3. The molecule has 0 amide bonds. The van der Waals surface area contributed by atoms with E-state index >= 15 is 0 Å². The van der Waals surface area contributed by atoms with Crippen LogP contribution in [0.15, 0.2) is 55.0 Å². The van der Waals surface area contributed by atoms with Crippen molar-refractivity contribution >= 4 is 11.0 Å². The van der Waals surface area contributed by atoms with E-state index in [1.54, 1.807) is 12.1 Å². The highest BCUT2D eigenvalue weighted by molar-refractivity contribution is 5.87. The van der Waals surface area contributed by atoms with Crippen LogP contribution >= 0.6 is 0 Å². The van der Waals surface area contributed by atoms with Crippen LogP contribution in [0, 0.1) is 5.82 Å². The lowest BCUT2D eigenvalue weighted by atomic mass is 10.0. The minimum absolute atomic E-state index is 0.0916. The molecule has 0 bridgehead atoms. The van der Waals surface area contributed by atoms with E-state index in [-0.39, 0.29) is 12.0 Å². The summed E-state index contributed by atoms with van der Waals surface area (Å²) in [6, 6.07) is 12.5. The second kappa shape index (κ2) is 7.32. The normalized spacial score (nSPS) is 12.6. The number of H-pyrrole nitrogens is 1. The Hall–Kier alpha value is -2.99. The van der Waals surface area contributed by atoms with Gasteiger partial charge >= 0.3 is 0 Å². The van der Waals surface area contributed by atoms with Crippen LogP contribution < -0.4 is 0 Å². The van der Waals surface area contributed by atoms with Crippen molar-refractivity contribution in [3.63, 3.8) is 0 Å². The summed E-state index contributed by atoms with van der Waals surface area (Å²) in [6.45, 7) is 4.81. The topological polar surface area (TPSA) is 55.7 Å². The first kappa shape index (κ1) is 17.4. The third-order valence-electron chi connectivity index (χ3n) is 4.60. The molecule has 2 aromatic heterocycles. The maximum absolute atomic E-state index is 13.2. The number of hydrogen-bond acceptors (Lipinski definition) is 3. The van der Waals surface area contributed by atoms with Crippen LogP contribution in [0.5, 0.6) is 0 Å². The molecule has 1 unspecified atom stereocenters. The number of hydrogen-bond donors (Lipinski definition) is 1. The van der Waals surface area contributed by atoms with Gasteiger partial charge in [0.1, 0.15) is 12.0 Å². The van der Waals surface area contributed by atoms with Gasteiger partial charge in [-0.25, -0.2) is 9.37 Å². The number of halogens is 1. The van der Waals surface area contributed by atoms with Crippen molar-refractivity contribution in [3.05, 3.63) is 60.8 Å². The van der Waals surface area contributed by atoms with Gasteiger partial charge < -0.3 is 9.30 Å². The second-order valence-electron chi connectivity index (χ2n) is 6.48. The third-order valence-corrected chi connectivity index (χ3v) is 4.60. The highest BCUT2D eigenvalue weighted by Gasteiger charge is 2.14.